The van der Waals surface area contributed by atoms with Crippen molar-refractivity contribution < 1.29 is 14.0 Å². The van der Waals surface area contributed by atoms with Gasteiger partial charge in [0.05, 0.1) is 6.61 Å². The van der Waals surface area contributed by atoms with Crippen molar-refractivity contribution in [3.63, 3.8) is 0 Å². The van der Waals surface area contributed by atoms with E-state index in [4.69, 9.17) is 9.16 Å². The van der Waals surface area contributed by atoms with Gasteiger partial charge in [0.15, 0.2) is 0 Å². The lowest BCUT2D eigenvalue weighted by Crippen LogP contribution is -2.67. The van der Waals surface area contributed by atoms with Crippen molar-refractivity contribution in [1.82, 2.24) is 0 Å². The Labute approximate surface area is 189 Å². The predicted molar refractivity (Wildman–Crippen MR) is 132 cm³/mol. The molecule has 0 bridgehead atoms. The molecule has 0 amide bonds. The minimum atomic E-state index is -2.52. The van der Waals surface area contributed by atoms with Gasteiger partial charge in [-0.3, -0.25) is 0 Å². The average molecular weight is 439 g/mol. The van der Waals surface area contributed by atoms with Gasteiger partial charge in [0.2, 0.25) is 0 Å². The molecule has 0 saturated carbocycles. The Morgan fingerprint density at radius 2 is 1.45 bits per heavy atom. The lowest BCUT2D eigenvalue weighted by molar-refractivity contribution is -0.137. The first kappa shape index (κ1) is 25.1. The fraction of sp³-hybridized carbons (Fsp3) is 0.444. The second-order valence-corrected chi connectivity index (χ2v) is 13.5. The van der Waals surface area contributed by atoms with E-state index in [0.717, 1.165) is 12.8 Å². The summed E-state index contributed by atoms with van der Waals surface area (Å²) in [5.41, 5.74) is 0. The van der Waals surface area contributed by atoms with Crippen LogP contribution in [-0.4, -0.2) is 27.0 Å². The van der Waals surface area contributed by atoms with Crippen LogP contribution in [0.2, 0.25) is 5.04 Å². The summed E-state index contributed by atoms with van der Waals surface area (Å²) in [6.07, 6.45) is 5.47. The maximum atomic E-state index is 11.6. The zero-order chi connectivity index (χ0) is 22.9. The van der Waals surface area contributed by atoms with Gasteiger partial charge in [-0.25, -0.2) is 4.79 Å². The van der Waals surface area contributed by atoms with E-state index in [0.29, 0.717) is 6.61 Å². The normalized spacial score (nSPS) is 14.4. The van der Waals surface area contributed by atoms with Crippen LogP contribution in [0, 0.1) is 5.92 Å². The van der Waals surface area contributed by atoms with Crippen LogP contribution in [-0.2, 0) is 14.0 Å². The van der Waals surface area contributed by atoms with Gasteiger partial charge in [-0.05, 0) is 48.0 Å². The van der Waals surface area contributed by atoms with Gasteiger partial charge in [-0.15, -0.1) is 0 Å². The molecule has 3 nitrogen and oxygen atoms in total. The van der Waals surface area contributed by atoms with Crippen LogP contribution in [0.5, 0.6) is 0 Å². The quantitative estimate of drug-likeness (QED) is 0.280. The van der Waals surface area contributed by atoms with E-state index >= 15 is 0 Å². The highest BCUT2D eigenvalue weighted by molar-refractivity contribution is 6.99. The largest absolute Gasteiger partial charge is 0.463 e. The minimum Gasteiger partial charge on any atom is -0.463 e. The Kier molecular flexibility index (Phi) is 9.26. The highest BCUT2D eigenvalue weighted by atomic mass is 28.4. The van der Waals surface area contributed by atoms with Crippen LogP contribution in [0.15, 0.2) is 72.8 Å². The van der Waals surface area contributed by atoms with Crippen molar-refractivity contribution in [2.24, 2.45) is 5.92 Å². The Hall–Kier alpha value is -2.17. The molecule has 31 heavy (non-hydrogen) atoms. The van der Waals surface area contributed by atoms with Gasteiger partial charge in [-0.1, -0.05) is 94.4 Å². The van der Waals surface area contributed by atoms with Crippen LogP contribution >= 0.6 is 0 Å². The van der Waals surface area contributed by atoms with Crippen LogP contribution in [0.3, 0.4) is 0 Å². The van der Waals surface area contributed by atoms with Crippen molar-refractivity contribution >= 4 is 24.7 Å². The third kappa shape index (κ3) is 6.65. The molecule has 0 radical (unpaired) electrons. The molecule has 0 unspecified atom stereocenters. The number of rotatable bonds is 10. The van der Waals surface area contributed by atoms with E-state index in [1.165, 1.54) is 10.4 Å². The lowest BCUT2D eigenvalue weighted by atomic mass is 10.0. The maximum Gasteiger partial charge on any atom is 0.330 e. The van der Waals surface area contributed by atoms with E-state index in [-0.39, 0.29) is 23.0 Å². The Morgan fingerprint density at radius 3 is 1.90 bits per heavy atom. The number of benzene rings is 2. The van der Waals surface area contributed by atoms with Gasteiger partial charge in [-0.2, -0.15) is 0 Å². The zero-order valence-electron chi connectivity index (χ0n) is 19.9. The third-order valence-electron chi connectivity index (χ3n) is 5.67. The van der Waals surface area contributed by atoms with Crippen LogP contribution in [0.4, 0.5) is 0 Å². The smallest absolute Gasteiger partial charge is 0.330 e. The summed E-state index contributed by atoms with van der Waals surface area (Å²) >= 11 is 0. The highest BCUT2D eigenvalue weighted by Crippen LogP contribution is 2.38. The molecule has 4 heteroatoms. The topological polar surface area (TPSA) is 35.5 Å². The van der Waals surface area contributed by atoms with Crippen molar-refractivity contribution in [3.8, 4) is 0 Å². The number of allylic oxidation sites excluding steroid dienone is 1. The lowest BCUT2D eigenvalue weighted by Gasteiger charge is -2.44. The molecule has 2 rings (SSSR count). The molecule has 168 valence electrons. The summed E-state index contributed by atoms with van der Waals surface area (Å²) in [5.74, 6) is 0.0144. The molecular weight excluding hydrogens is 400 g/mol. The van der Waals surface area contributed by atoms with Crippen molar-refractivity contribution in [3.05, 3.63) is 72.8 Å². The van der Waals surface area contributed by atoms with Crippen LogP contribution in [0.1, 0.15) is 54.4 Å². The number of ether oxygens (including phenoxy) is 1. The minimum absolute atomic E-state index is 0.0284. The summed E-state index contributed by atoms with van der Waals surface area (Å²) in [5, 5.41) is 2.57. The van der Waals surface area contributed by atoms with Gasteiger partial charge < -0.3 is 9.16 Å². The fourth-order valence-corrected chi connectivity index (χ4v) is 8.82. The first-order valence-corrected chi connectivity index (χ1v) is 13.3. The Balaban J connectivity index is 2.25. The van der Waals surface area contributed by atoms with Crippen LogP contribution < -0.4 is 10.4 Å². The number of hydrogen-bond acceptors (Lipinski definition) is 3. The monoisotopic (exact) mass is 438 g/mol. The van der Waals surface area contributed by atoms with Gasteiger partial charge in [0, 0.05) is 12.2 Å². The third-order valence-corrected chi connectivity index (χ3v) is 10.8. The van der Waals surface area contributed by atoms with E-state index in [9.17, 15) is 4.79 Å². The van der Waals surface area contributed by atoms with E-state index in [1.807, 2.05) is 13.0 Å². The van der Waals surface area contributed by atoms with Crippen molar-refractivity contribution in [2.75, 3.05) is 6.61 Å². The first-order valence-electron chi connectivity index (χ1n) is 11.3. The van der Waals surface area contributed by atoms with Gasteiger partial charge in [0.1, 0.15) is 0 Å². The summed E-state index contributed by atoms with van der Waals surface area (Å²) in [7, 11) is -2.52. The van der Waals surface area contributed by atoms with Gasteiger partial charge >= 0.3 is 5.97 Å². The summed E-state index contributed by atoms with van der Waals surface area (Å²) in [6, 6.07) is 21.5. The molecule has 0 spiro atoms. The van der Waals surface area contributed by atoms with Crippen molar-refractivity contribution in [2.45, 2.75) is 65.5 Å². The Morgan fingerprint density at radius 1 is 0.935 bits per heavy atom. The summed E-state index contributed by atoms with van der Waals surface area (Å²) in [4.78, 5) is 11.6. The molecular formula is C27H38O3Si. The highest BCUT2D eigenvalue weighted by Gasteiger charge is 2.50. The molecule has 0 saturated heterocycles. The fourth-order valence-electron chi connectivity index (χ4n) is 4.08. The number of hydrogen-bond donors (Lipinski definition) is 0. The molecule has 0 aliphatic heterocycles. The molecule has 0 heterocycles. The number of esters is 1. The molecule has 2 aromatic carbocycles. The Bertz CT molecular complexity index is 785. The SMILES string of the molecule is CCOC(=O)/C=C/[C@H](C)CC[C@@H](C)O[Si](c1ccccc1)(c1ccccc1)C(C)(C)C. The van der Waals surface area contributed by atoms with E-state index < -0.39 is 8.32 Å². The standard InChI is InChI=1S/C27H38O3Si/c1-7-29-26(28)21-19-22(2)18-20-23(3)30-31(27(4,5)6,24-14-10-8-11-15-24)25-16-12-9-13-17-25/h8-17,19,21-23H,7,18,20H2,1-6H3/b21-19+/t22-,23-/m1/s1. The molecule has 0 fully saturated rings. The molecule has 0 aliphatic carbocycles. The molecule has 2 atom stereocenters. The summed E-state index contributed by atoms with van der Waals surface area (Å²) < 4.78 is 12.1. The predicted octanol–water partition coefficient (Wildman–Crippen LogP) is 5.49. The number of carbonyl (C=O) groups excluding carboxylic acids is 1. The average Bonchev–Trinajstić information content (AvgIpc) is 2.75. The molecule has 0 N–H and O–H groups in total. The van der Waals surface area contributed by atoms with Crippen LogP contribution in [0.25, 0.3) is 0 Å². The molecule has 2 aromatic rings. The van der Waals surface area contributed by atoms with Gasteiger partial charge in [0.25, 0.3) is 8.32 Å². The maximum absolute atomic E-state index is 11.6. The molecule has 0 aliphatic rings. The number of carbonyl (C=O) groups is 1. The summed E-state index contributed by atoms with van der Waals surface area (Å²) in [6.45, 7) is 13.4. The molecule has 0 aromatic heterocycles. The second-order valence-electron chi connectivity index (χ2n) is 9.26. The first-order chi connectivity index (χ1) is 14.7. The van der Waals surface area contributed by atoms with E-state index in [1.54, 1.807) is 6.08 Å². The second kappa shape index (κ2) is 11.4. The van der Waals surface area contributed by atoms with Crippen molar-refractivity contribution in [1.29, 1.82) is 0 Å². The zero-order valence-corrected chi connectivity index (χ0v) is 20.9. The van der Waals surface area contributed by atoms with E-state index in [2.05, 4.69) is 95.3 Å².